The van der Waals surface area contributed by atoms with Crippen molar-refractivity contribution in [2.24, 2.45) is 5.92 Å². The largest absolute Gasteiger partial charge is 0.355 e. The SMILES string of the molecule is CC(C)CCNC(=O)CN(C(C)c1ccccc1)S(C)(=O)=O. The fourth-order valence-corrected chi connectivity index (χ4v) is 3.18. The van der Waals surface area contributed by atoms with Crippen LogP contribution in [0, 0.1) is 5.92 Å². The highest BCUT2D eigenvalue weighted by atomic mass is 32.2. The molecule has 1 N–H and O–H groups in total. The lowest BCUT2D eigenvalue weighted by Gasteiger charge is -2.26. The molecule has 1 amide bonds. The Kier molecular flexibility index (Phi) is 7.03. The number of nitrogens with one attached hydrogen (secondary N) is 1. The minimum atomic E-state index is -3.48. The molecule has 124 valence electrons. The van der Waals surface area contributed by atoms with Crippen LogP contribution in [0.4, 0.5) is 0 Å². The van der Waals surface area contributed by atoms with Gasteiger partial charge in [0, 0.05) is 12.6 Å². The molecular weight excluding hydrogens is 300 g/mol. The predicted octanol–water partition coefficient (Wildman–Crippen LogP) is 2.17. The maximum absolute atomic E-state index is 12.0. The Morgan fingerprint density at radius 1 is 1.18 bits per heavy atom. The Morgan fingerprint density at radius 2 is 1.77 bits per heavy atom. The highest BCUT2D eigenvalue weighted by molar-refractivity contribution is 7.88. The topological polar surface area (TPSA) is 66.5 Å². The quantitative estimate of drug-likeness (QED) is 0.796. The Bertz CT molecular complexity index is 570. The van der Waals surface area contributed by atoms with Crippen molar-refractivity contribution in [2.45, 2.75) is 33.2 Å². The van der Waals surface area contributed by atoms with Crippen LogP contribution in [0.5, 0.6) is 0 Å². The molecule has 0 fully saturated rings. The summed E-state index contributed by atoms with van der Waals surface area (Å²) in [5, 5.41) is 2.78. The fraction of sp³-hybridized carbons (Fsp3) is 0.562. The molecule has 0 heterocycles. The molecule has 1 aromatic rings. The molecule has 0 radical (unpaired) electrons. The lowest BCUT2D eigenvalue weighted by Crippen LogP contribution is -2.41. The van der Waals surface area contributed by atoms with Gasteiger partial charge in [0.1, 0.15) is 0 Å². The maximum Gasteiger partial charge on any atom is 0.235 e. The number of carbonyl (C=O) groups excluding carboxylic acids is 1. The third-order valence-electron chi connectivity index (χ3n) is 3.48. The van der Waals surface area contributed by atoms with Crippen molar-refractivity contribution in [3.8, 4) is 0 Å². The molecule has 1 unspecified atom stereocenters. The zero-order valence-electron chi connectivity index (χ0n) is 13.7. The van der Waals surface area contributed by atoms with E-state index in [2.05, 4.69) is 19.2 Å². The van der Waals surface area contributed by atoms with Crippen LogP contribution in [0.15, 0.2) is 30.3 Å². The Morgan fingerprint density at radius 3 is 2.27 bits per heavy atom. The average Bonchev–Trinajstić information content (AvgIpc) is 2.43. The van der Waals surface area contributed by atoms with E-state index in [1.165, 1.54) is 4.31 Å². The van der Waals surface area contributed by atoms with E-state index in [-0.39, 0.29) is 18.5 Å². The van der Waals surface area contributed by atoms with E-state index in [0.717, 1.165) is 18.2 Å². The molecule has 0 bridgehead atoms. The van der Waals surface area contributed by atoms with E-state index in [1.54, 1.807) is 6.92 Å². The fourth-order valence-electron chi connectivity index (χ4n) is 2.14. The third kappa shape index (κ3) is 6.15. The van der Waals surface area contributed by atoms with E-state index in [9.17, 15) is 13.2 Å². The Balaban J connectivity index is 2.76. The summed E-state index contributed by atoms with van der Waals surface area (Å²) in [5.74, 6) is 0.225. The van der Waals surface area contributed by atoms with Crippen molar-refractivity contribution in [3.05, 3.63) is 35.9 Å². The van der Waals surface area contributed by atoms with Gasteiger partial charge in [-0.1, -0.05) is 44.2 Å². The number of nitrogens with zero attached hydrogens (tertiary/aromatic N) is 1. The second-order valence-electron chi connectivity index (χ2n) is 5.93. The van der Waals surface area contributed by atoms with Crippen LogP contribution in [0.25, 0.3) is 0 Å². The first-order valence-corrected chi connectivity index (χ1v) is 9.35. The summed E-state index contributed by atoms with van der Waals surface area (Å²) in [6.45, 7) is 6.34. The van der Waals surface area contributed by atoms with E-state index < -0.39 is 10.0 Å². The smallest absolute Gasteiger partial charge is 0.235 e. The minimum absolute atomic E-state index is 0.160. The van der Waals surface area contributed by atoms with Crippen LogP contribution in [-0.4, -0.2) is 38.0 Å². The highest BCUT2D eigenvalue weighted by Crippen LogP contribution is 2.22. The van der Waals surface area contributed by atoms with Gasteiger partial charge in [-0.25, -0.2) is 8.42 Å². The molecule has 0 spiro atoms. The molecule has 5 nitrogen and oxygen atoms in total. The lowest BCUT2D eigenvalue weighted by atomic mass is 10.1. The molecule has 0 aromatic heterocycles. The first-order chi connectivity index (χ1) is 10.2. The molecule has 22 heavy (non-hydrogen) atoms. The summed E-state index contributed by atoms with van der Waals surface area (Å²) >= 11 is 0. The van der Waals surface area contributed by atoms with Crippen molar-refractivity contribution < 1.29 is 13.2 Å². The monoisotopic (exact) mass is 326 g/mol. The predicted molar refractivity (Wildman–Crippen MR) is 88.9 cm³/mol. The molecule has 0 saturated heterocycles. The number of hydrogen-bond acceptors (Lipinski definition) is 3. The van der Waals surface area contributed by atoms with Crippen molar-refractivity contribution in [3.63, 3.8) is 0 Å². The van der Waals surface area contributed by atoms with Crippen LogP contribution < -0.4 is 5.32 Å². The summed E-state index contributed by atoms with van der Waals surface area (Å²) in [6, 6.07) is 8.93. The molecule has 0 saturated carbocycles. The number of hydrogen-bond donors (Lipinski definition) is 1. The number of carbonyl (C=O) groups is 1. The summed E-state index contributed by atoms with van der Waals surface area (Å²) in [4.78, 5) is 12.0. The standard InChI is InChI=1S/C16H26N2O3S/c1-13(2)10-11-17-16(19)12-18(22(4,20)21)14(3)15-8-6-5-7-9-15/h5-9,13-14H,10-12H2,1-4H3,(H,17,19). The summed E-state index contributed by atoms with van der Waals surface area (Å²) < 4.78 is 25.2. The van der Waals surface area contributed by atoms with Crippen LogP contribution in [0.1, 0.15) is 38.8 Å². The van der Waals surface area contributed by atoms with E-state index in [1.807, 2.05) is 30.3 Å². The molecule has 1 atom stereocenters. The van der Waals surface area contributed by atoms with Crippen LogP contribution >= 0.6 is 0 Å². The van der Waals surface area contributed by atoms with Crippen LogP contribution in [0.2, 0.25) is 0 Å². The molecule has 6 heteroatoms. The third-order valence-corrected chi connectivity index (χ3v) is 4.78. The van der Waals surface area contributed by atoms with Gasteiger partial charge in [-0.05, 0) is 24.8 Å². The summed E-state index contributed by atoms with van der Waals surface area (Å²) in [6.07, 6.45) is 2.01. The maximum atomic E-state index is 12.0. The lowest BCUT2D eigenvalue weighted by molar-refractivity contribution is -0.121. The normalized spacial score (nSPS) is 13.4. The van der Waals surface area contributed by atoms with E-state index >= 15 is 0 Å². The molecule has 0 aliphatic rings. The first-order valence-electron chi connectivity index (χ1n) is 7.50. The zero-order valence-corrected chi connectivity index (χ0v) is 14.6. The molecule has 0 aliphatic carbocycles. The van der Waals surface area contributed by atoms with Gasteiger partial charge in [0.05, 0.1) is 12.8 Å². The van der Waals surface area contributed by atoms with E-state index in [0.29, 0.717) is 12.5 Å². The van der Waals surface area contributed by atoms with Gasteiger partial charge >= 0.3 is 0 Å². The minimum Gasteiger partial charge on any atom is -0.355 e. The summed E-state index contributed by atoms with van der Waals surface area (Å²) in [7, 11) is -3.48. The average molecular weight is 326 g/mol. The van der Waals surface area contributed by atoms with Gasteiger partial charge in [0.2, 0.25) is 15.9 Å². The molecule has 1 rings (SSSR count). The number of amides is 1. The summed E-state index contributed by atoms with van der Waals surface area (Å²) in [5.41, 5.74) is 0.864. The second-order valence-corrected chi connectivity index (χ2v) is 7.86. The van der Waals surface area contributed by atoms with Gasteiger partial charge in [-0.15, -0.1) is 0 Å². The molecular formula is C16H26N2O3S. The van der Waals surface area contributed by atoms with Gasteiger partial charge in [-0.2, -0.15) is 4.31 Å². The van der Waals surface area contributed by atoms with Gasteiger partial charge in [0.25, 0.3) is 0 Å². The van der Waals surface area contributed by atoms with Crippen LogP contribution in [0.3, 0.4) is 0 Å². The van der Waals surface area contributed by atoms with Crippen molar-refractivity contribution >= 4 is 15.9 Å². The number of rotatable bonds is 8. The van der Waals surface area contributed by atoms with Gasteiger partial charge in [0.15, 0.2) is 0 Å². The van der Waals surface area contributed by atoms with Crippen molar-refractivity contribution in [1.82, 2.24) is 9.62 Å². The number of sulfonamides is 1. The molecule has 0 aliphatic heterocycles. The Hall–Kier alpha value is -1.40. The molecule has 1 aromatic carbocycles. The number of benzene rings is 1. The van der Waals surface area contributed by atoms with Crippen LogP contribution in [-0.2, 0) is 14.8 Å². The first kappa shape index (κ1) is 18.6. The van der Waals surface area contributed by atoms with E-state index in [4.69, 9.17) is 0 Å². The highest BCUT2D eigenvalue weighted by Gasteiger charge is 2.26. The second kappa shape index (κ2) is 8.29. The zero-order chi connectivity index (χ0) is 16.8. The van der Waals surface area contributed by atoms with Gasteiger partial charge < -0.3 is 5.32 Å². The van der Waals surface area contributed by atoms with Gasteiger partial charge in [-0.3, -0.25) is 4.79 Å². The van der Waals surface area contributed by atoms with Crippen molar-refractivity contribution in [2.75, 3.05) is 19.3 Å². The Labute approximate surface area is 133 Å². The van der Waals surface area contributed by atoms with Crippen molar-refractivity contribution in [1.29, 1.82) is 0 Å².